The van der Waals surface area contributed by atoms with Gasteiger partial charge in [0.25, 0.3) is 0 Å². The van der Waals surface area contributed by atoms with Crippen molar-refractivity contribution >= 4 is 46.4 Å². The lowest BCUT2D eigenvalue weighted by atomic mass is 9.85. The summed E-state index contributed by atoms with van der Waals surface area (Å²) in [5, 5.41) is 8.50. The van der Waals surface area contributed by atoms with E-state index in [1.54, 1.807) is 53.8 Å². The highest BCUT2D eigenvalue weighted by atomic mass is 35.5. The van der Waals surface area contributed by atoms with Crippen molar-refractivity contribution in [1.82, 2.24) is 40.1 Å². The maximum Gasteiger partial charge on any atom is 0.242 e. The minimum absolute atomic E-state index is 0.00953. The molecule has 6 aromatic rings. The number of amides is 2. The minimum atomic E-state index is -0.664. The Kier molecular flexibility index (Phi) is 8.81. The third-order valence-corrected chi connectivity index (χ3v) is 9.75. The van der Waals surface area contributed by atoms with Crippen LogP contribution in [0.1, 0.15) is 61.9 Å². The van der Waals surface area contributed by atoms with Gasteiger partial charge in [-0.3, -0.25) is 19.4 Å². The van der Waals surface area contributed by atoms with Gasteiger partial charge in [-0.2, -0.15) is 5.10 Å². The molecule has 2 aliphatic heterocycles. The molecule has 0 fully saturated rings. The number of aryl methyl sites for hydroxylation is 4. The van der Waals surface area contributed by atoms with Gasteiger partial charge in [0.1, 0.15) is 28.4 Å². The Morgan fingerprint density at radius 1 is 0.547 bits per heavy atom. The molecule has 266 valence electrons. The molecule has 4 aromatic heterocycles. The summed E-state index contributed by atoms with van der Waals surface area (Å²) in [7, 11) is 0. The van der Waals surface area contributed by atoms with E-state index in [2.05, 4.69) is 40.1 Å². The maximum absolute atomic E-state index is 13.2. The molecule has 0 saturated heterocycles. The number of hydrogen-bond donors (Lipinski definition) is 0. The average molecular weight is 725 g/mol. The van der Waals surface area contributed by atoms with Gasteiger partial charge >= 0.3 is 0 Å². The minimum Gasteiger partial charge on any atom is -0.273 e. The Bertz CT molecular complexity index is 2390. The first-order valence-corrected chi connectivity index (χ1v) is 17.4. The van der Waals surface area contributed by atoms with Crippen LogP contribution < -0.4 is 9.80 Å². The van der Waals surface area contributed by atoms with E-state index in [9.17, 15) is 9.59 Å². The van der Waals surface area contributed by atoms with Crippen molar-refractivity contribution in [3.63, 3.8) is 0 Å². The number of carbonyl (C=O) groups excluding carboxylic acids is 2. The Labute approximate surface area is 312 Å². The standard InChI is InChI=1S/C20H18ClN5O.C20H19N5O/c1-11-22-9-14(10-23-11)13-5-6-15-16(7-13)26(19(27)20(15,3)4)18-8-17(21)24-12(2)25-18;1-12-7-18(24-23-9-12)25-17-8-14(15-10-21-13(2)22-11-15)5-6-16(17)20(3,4)19(25)26/h5-10H,1-4H3;5-11H,1-4H3. The molecule has 0 N–H and O–H groups in total. The van der Waals surface area contributed by atoms with Crippen molar-refractivity contribution in [2.75, 3.05) is 9.80 Å². The number of rotatable bonds is 4. The normalized spacial score (nSPS) is 15.2. The van der Waals surface area contributed by atoms with Crippen LogP contribution in [0.2, 0.25) is 5.15 Å². The third kappa shape index (κ3) is 6.39. The first-order valence-electron chi connectivity index (χ1n) is 17.0. The van der Waals surface area contributed by atoms with Crippen LogP contribution >= 0.6 is 11.6 Å². The van der Waals surface area contributed by atoms with Gasteiger partial charge in [-0.05, 0) is 101 Å². The monoisotopic (exact) mass is 724 g/mol. The van der Waals surface area contributed by atoms with Crippen molar-refractivity contribution in [2.45, 2.75) is 66.2 Å². The number of carbonyl (C=O) groups is 2. The van der Waals surface area contributed by atoms with Gasteiger partial charge in [-0.15, -0.1) is 5.10 Å². The summed E-state index contributed by atoms with van der Waals surface area (Å²) >= 11 is 6.11. The number of fused-ring (bicyclic) bond motifs is 2. The summed E-state index contributed by atoms with van der Waals surface area (Å²) in [6.07, 6.45) is 8.83. The molecular weight excluding hydrogens is 688 g/mol. The van der Waals surface area contributed by atoms with E-state index in [4.69, 9.17) is 11.6 Å². The first kappa shape index (κ1) is 35.4. The van der Waals surface area contributed by atoms with Gasteiger partial charge in [0, 0.05) is 42.0 Å². The summed E-state index contributed by atoms with van der Waals surface area (Å²) < 4.78 is 0. The van der Waals surface area contributed by atoms with Crippen molar-refractivity contribution in [3.05, 3.63) is 119 Å². The maximum atomic E-state index is 13.2. The smallest absolute Gasteiger partial charge is 0.242 e. The van der Waals surface area contributed by atoms with E-state index in [0.29, 0.717) is 28.4 Å². The zero-order chi connectivity index (χ0) is 37.8. The Balaban J connectivity index is 0.000000164. The molecule has 0 aliphatic carbocycles. The van der Waals surface area contributed by atoms with Gasteiger partial charge in [0.15, 0.2) is 5.82 Å². The van der Waals surface area contributed by atoms with Gasteiger partial charge < -0.3 is 0 Å². The van der Waals surface area contributed by atoms with Crippen LogP contribution in [0.3, 0.4) is 0 Å². The number of hydrogen-bond acceptors (Lipinski definition) is 10. The van der Waals surface area contributed by atoms with Crippen LogP contribution in [0.15, 0.2) is 79.5 Å². The fraction of sp³-hybridized carbons (Fsp3) is 0.250. The van der Waals surface area contributed by atoms with Crippen molar-refractivity contribution in [3.8, 4) is 22.3 Å². The average Bonchev–Trinajstić information content (AvgIpc) is 3.45. The molecule has 13 heteroatoms. The molecule has 6 heterocycles. The summed E-state index contributed by atoms with van der Waals surface area (Å²) in [4.78, 5) is 55.2. The highest BCUT2D eigenvalue weighted by molar-refractivity contribution is 6.29. The number of nitrogens with zero attached hydrogens (tertiary/aromatic N) is 10. The summed E-state index contributed by atoms with van der Waals surface area (Å²) in [6.45, 7) is 15.1. The largest absolute Gasteiger partial charge is 0.273 e. The number of halogens is 1. The molecule has 53 heavy (non-hydrogen) atoms. The lowest BCUT2D eigenvalue weighted by molar-refractivity contribution is -0.122. The number of aromatic nitrogens is 8. The third-order valence-electron chi connectivity index (χ3n) is 9.56. The van der Waals surface area contributed by atoms with Gasteiger partial charge in [0.2, 0.25) is 11.8 Å². The molecular formula is C40H37ClN10O2. The van der Waals surface area contributed by atoms with Crippen molar-refractivity contribution in [1.29, 1.82) is 0 Å². The van der Waals surface area contributed by atoms with Crippen molar-refractivity contribution < 1.29 is 9.59 Å². The van der Waals surface area contributed by atoms with Gasteiger partial charge in [0.05, 0.1) is 28.4 Å². The van der Waals surface area contributed by atoms with Crippen molar-refractivity contribution in [2.24, 2.45) is 0 Å². The van der Waals surface area contributed by atoms with E-state index in [0.717, 1.165) is 56.1 Å². The van der Waals surface area contributed by atoms with E-state index in [1.807, 2.05) is 90.9 Å². The highest BCUT2D eigenvalue weighted by Crippen LogP contribution is 2.47. The predicted octanol–water partition coefficient (Wildman–Crippen LogP) is 7.67. The molecule has 0 atom stereocenters. The second-order valence-electron chi connectivity index (χ2n) is 14.2. The second-order valence-corrected chi connectivity index (χ2v) is 14.6. The zero-order valence-electron chi connectivity index (χ0n) is 30.7. The van der Waals surface area contributed by atoms with E-state index >= 15 is 0 Å². The number of anilines is 4. The Morgan fingerprint density at radius 2 is 1.02 bits per heavy atom. The fourth-order valence-corrected chi connectivity index (χ4v) is 6.80. The van der Waals surface area contributed by atoms with Crippen LogP contribution in [-0.4, -0.2) is 51.9 Å². The van der Waals surface area contributed by atoms with Gasteiger partial charge in [-0.1, -0.05) is 35.9 Å². The predicted molar refractivity (Wildman–Crippen MR) is 203 cm³/mol. The topological polar surface area (TPSA) is 144 Å². The van der Waals surface area contributed by atoms with Gasteiger partial charge in [-0.25, -0.2) is 29.9 Å². The lowest BCUT2D eigenvalue weighted by Gasteiger charge is -2.20. The molecule has 0 unspecified atom stereocenters. The van der Waals surface area contributed by atoms with Crippen LogP contribution in [0.25, 0.3) is 22.3 Å². The van der Waals surface area contributed by atoms with Crippen LogP contribution in [-0.2, 0) is 20.4 Å². The zero-order valence-corrected chi connectivity index (χ0v) is 31.4. The Hall–Kier alpha value is -6.01. The van der Waals surface area contributed by atoms with Crippen LogP contribution in [0.4, 0.5) is 23.0 Å². The fourth-order valence-electron chi connectivity index (χ4n) is 6.58. The molecule has 2 aromatic carbocycles. The van der Waals surface area contributed by atoms with E-state index in [-0.39, 0.29) is 11.8 Å². The molecule has 0 saturated carbocycles. The second kappa shape index (κ2) is 13.2. The molecule has 0 radical (unpaired) electrons. The number of benzene rings is 2. The van der Waals surface area contributed by atoms with E-state index < -0.39 is 10.8 Å². The van der Waals surface area contributed by atoms with Crippen LogP contribution in [0.5, 0.6) is 0 Å². The lowest BCUT2D eigenvalue weighted by Crippen LogP contribution is -2.33. The quantitative estimate of drug-likeness (QED) is 0.166. The summed E-state index contributed by atoms with van der Waals surface area (Å²) in [6, 6.07) is 15.4. The summed E-state index contributed by atoms with van der Waals surface area (Å²) in [5.41, 5.74) is 6.89. The first-order chi connectivity index (χ1) is 25.1. The molecule has 2 amide bonds. The highest BCUT2D eigenvalue weighted by Gasteiger charge is 2.46. The van der Waals surface area contributed by atoms with E-state index in [1.165, 1.54) is 0 Å². The molecule has 0 bridgehead atoms. The molecule has 2 aliphatic rings. The molecule has 0 spiro atoms. The van der Waals surface area contributed by atoms with Crippen LogP contribution in [0, 0.1) is 27.7 Å². The molecule has 12 nitrogen and oxygen atoms in total. The Morgan fingerprint density at radius 3 is 1.47 bits per heavy atom. The molecule has 8 rings (SSSR count). The summed E-state index contributed by atoms with van der Waals surface area (Å²) in [5.74, 6) is 2.90. The SMILES string of the molecule is Cc1cnnc(N2C(=O)C(C)(C)c3ccc(-c4cnc(C)nc4)cc32)c1.Cc1ncc(-c2ccc3c(c2)N(c2cc(Cl)nc(C)n2)C(=O)C3(C)C)cn1.